The van der Waals surface area contributed by atoms with Crippen molar-refractivity contribution in [1.29, 1.82) is 0 Å². The predicted molar refractivity (Wildman–Crippen MR) is 179 cm³/mol. The molecule has 0 saturated carbocycles. The maximum Gasteiger partial charge on any atom is 0.262 e. The Hall–Kier alpha value is -3.93. The van der Waals surface area contributed by atoms with Gasteiger partial charge in [-0.3, -0.25) is 14.5 Å². The number of hydrogen-bond donors (Lipinski definition) is 1. The number of nitrogens with one attached hydrogen (secondary N) is 1. The molecule has 2 fully saturated rings. The fraction of sp³-hybridized carbons (Fsp3) is 0.429. The maximum atomic E-state index is 13.6. The Morgan fingerprint density at radius 2 is 1.74 bits per heavy atom. The van der Waals surface area contributed by atoms with Crippen LogP contribution in [0.25, 0.3) is 10.9 Å². The highest BCUT2D eigenvalue weighted by molar-refractivity contribution is 7.92. The minimum absolute atomic E-state index is 0.0184. The van der Waals surface area contributed by atoms with E-state index in [0.29, 0.717) is 55.1 Å². The van der Waals surface area contributed by atoms with Crippen LogP contribution in [0, 0.1) is 13.8 Å². The average Bonchev–Trinajstić information content (AvgIpc) is 3.71. The quantitative estimate of drug-likeness (QED) is 0.242. The van der Waals surface area contributed by atoms with E-state index in [2.05, 4.69) is 20.7 Å². The summed E-state index contributed by atoms with van der Waals surface area (Å²) in [7, 11) is -2.30. The van der Waals surface area contributed by atoms with Crippen molar-refractivity contribution in [2.24, 2.45) is 0 Å². The summed E-state index contributed by atoms with van der Waals surface area (Å²) >= 11 is 0. The first kappa shape index (κ1) is 32.0. The number of ether oxygens (including phenoxy) is 2. The van der Waals surface area contributed by atoms with Crippen LogP contribution < -0.4 is 9.46 Å². The standard InChI is InChI=1S/C35H43N5O5S/c1-26-21-31(44-3)22-27(2)34(26)46(42,43)37-30-9-8-28-10-16-40(32(28)23-30)25-33(41)39-17-11-35(12-18-39,29-7-6-13-36-24-29)45-20-19-38-14-4-5-15-38/h6-10,13,16,21-24,37H,4-5,11-12,14-15,17-20,25H2,1-3H3. The Bertz CT molecular complexity index is 1770. The van der Waals surface area contributed by atoms with Gasteiger partial charge < -0.3 is 23.8 Å². The summed E-state index contributed by atoms with van der Waals surface area (Å²) in [6.45, 7) is 8.68. The molecule has 2 saturated heterocycles. The van der Waals surface area contributed by atoms with Crippen molar-refractivity contribution in [3.63, 3.8) is 0 Å². The molecular weight excluding hydrogens is 602 g/mol. The Morgan fingerprint density at radius 1 is 1.00 bits per heavy atom. The van der Waals surface area contributed by atoms with E-state index in [4.69, 9.17) is 9.47 Å². The fourth-order valence-corrected chi connectivity index (χ4v) is 8.44. The molecule has 0 unspecified atom stereocenters. The van der Waals surface area contributed by atoms with Crippen LogP contribution in [0.1, 0.15) is 42.4 Å². The van der Waals surface area contributed by atoms with Crippen molar-refractivity contribution in [2.45, 2.75) is 56.6 Å². The molecule has 2 aromatic heterocycles. The lowest BCUT2D eigenvalue weighted by atomic mass is 9.85. The number of aromatic nitrogens is 2. The van der Waals surface area contributed by atoms with E-state index >= 15 is 0 Å². The second-order valence-electron chi connectivity index (χ2n) is 12.4. The third kappa shape index (κ3) is 6.77. The van der Waals surface area contributed by atoms with E-state index in [1.807, 2.05) is 40.1 Å². The molecule has 2 aliphatic heterocycles. The zero-order valence-electron chi connectivity index (χ0n) is 26.9. The van der Waals surface area contributed by atoms with Gasteiger partial charge in [0.25, 0.3) is 10.0 Å². The van der Waals surface area contributed by atoms with Gasteiger partial charge in [-0.2, -0.15) is 0 Å². The van der Waals surface area contributed by atoms with Crippen molar-refractivity contribution in [3.8, 4) is 5.75 Å². The number of likely N-dealkylation sites (tertiary alicyclic amines) is 2. The van der Waals surface area contributed by atoms with E-state index in [1.165, 1.54) is 12.8 Å². The van der Waals surface area contributed by atoms with E-state index < -0.39 is 15.6 Å². The topological polar surface area (TPSA) is 106 Å². The molecule has 2 aromatic carbocycles. The third-order valence-corrected chi connectivity index (χ3v) is 11.1. The number of nitrogens with zero attached hydrogens (tertiary/aromatic N) is 4. The number of benzene rings is 2. The summed E-state index contributed by atoms with van der Waals surface area (Å²) in [5.74, 6) is 0.629. The lowest BCUT2D eigenvalue weighted by Crippen LogP contribution is -2.48. The lowest BCUT2D eigenvalue weighted by molar-refractivity contribution is -0.140. The van der Waals surface area contributed by atoms with Crippen LogP contribution in [-0.4, -0.2) is 80.1 Å². The van der Waals surface area contributed by atoms with Gasteiger partial charge in [-0.05, 0) is 106 Å². The number of amides is 1. The number of rotatable bonds is 11. The zero-order valence-corrected chi connectivity index (χ0v) is 27.7. The Kier molecular flexibility index (Phi) is 9.35. The van der Waals surface area contributed by atoms with Gasteiger partial charge in [0, 0.05) is 43.8 Å². The molecule has 0 radical (unpaired) electrons. The molecule has 0 aliphatic carbocycles. The van der Waals surface area contributed by atoms with Crippen LogP contribution in [0.4, 0.5) is 5.69 Å². The van der Waals surface area contributed by atoms with E-state index in [-0.39, 0.29) is 17.3 Å². The van der Waals surface area contributed by atoms with Crippen molar-refractivity contribution in [1.82, 2.24) is 19.4 Å². The van der Waals surface area contributed by atoms with Crippen LogP contribution in [0.15, 0.2) is 72.0 Å². The summed E-state index contributed by atoms with van der Waals surface area (Å²) < 4.78 is 43.4. The minimum atomic E-state index is -3.86. The van der Waals surface area contributed by atoms with E-state index in [9.17, 15) is 13.2 Å². The van der Waals surface area contributed by atoms with E-state index in [0.717, 1.165) is 36.1 Å². The molecule has 46 heavy (non-hydrogen) atoms. The number of pyridine rings is 1. The molecule has 1 amide bonds. The molecule has 244 valence electrons. The van der Waals surface area contributed by atoms with Gasteiger partial charge in [-0.25, -0.2) is 8.42 Å². The number of hydrogen-bond acceptors (Lipinski definition) is 7. The summed E-state index contributed by atoms with van der Waals surface area (Å²) in [6.07, 6.45) is 9.45. The molecule has 4 aromatic rings. The van der Waals surface area contributed by atoms with Gasteiger partial charge in [0.2, 0.25) is 5.91 Å². The molecule has 6 rings (SSSR count). The molecule has 0 atom stereocenters. The molecule has 11 heteroatoms. The van der Waals surface area contributed by atoms with Crippen molar-refractivity contribution in [3.05, 3.63) is 83.8 Å². The second-order valence-corrected chi connectivity index (χ2v) is 14.0. The monoisotopic (exact) mass is 645 g/mol. The van der Waals surface area contributed by atoms with Crippen LogP contribution >= 0.6 is 0 Å². The molecule has 4 heterocycles. The summed E-state index contributed by atoms with van der Waals surface area (Å²) in [5, 5.41) is 0.924. The van der Waals surface area contributed by atoms with Crippen LogP contribution in [0.5, 0.6) is 5.75 Å². The fourth-order valence-electron chi connectivity index (χ4n) is 6.93. The van der Waals surface area contributed by atoms with Crippen molar-refractivity contribution >= 4 is 32.5 Å². The highest BCUT2D eigenvalue weighted by Gasteiger charge is 2.39. The number of fused-ring (bicyclic) bond motifs is 1. The van der Waals surface area contributed by atoms with E-state index in [1.54, 1.807) is 51.4 Å². The SMILES string of the molecule is COc1cc(C)c(S(=O)(=O)Nc2ccc3ccn(CC(=O)N4CCC(OCCN5CCCC5)(c5cccnc5)CC4)c3c2)c(C)c1. The minimum Gasteiger partial charge on any atom is -0.497 e. The van der Waals surface area contributed by atoms with Crippen LogP contribution in [-0.2, 0) is 31.7 Å². The average molecular weight is 646 g/mol. The number of anilines is 1. The Morgan fingerprint density at radius 3 is 2.41 bits per heavy atom. The second kappa shape index (κ2) is 13.4. The highest BCUT2D eigenvalue weighted by atomic mass is 32.2. The van der Waals surface area contributed by atoms with Gasteiger partial charge in [0.1, 0.15) is 12.3 Å². The summed E-state index contributed by atoms with van der Waals surface area (Å²) in [5.41, 5.74) is 3.02. The number of carbonyl (C=O) groups excluding carboxylic acids is 1. The maximum absolute atomic E-state index is 13.6. The zero-order chi connectivity index (χ0) is 32.3. The van der Waals surface area contributed by atoms with Crippen LogP contribution in [0.3, 0.4) is 0 Å². The number of piperidine rings is 1. The number of carbonyl (C=O) groups is 1. The van der Waals surface area contributed by atoms with Gasteiger partial charge in [0.05, 0.1) is 35.4 Å². The predicted octanol–water partition coefficient (Wildman–Crippen LogP) is 5.09. The molecule has 0 spiro atoms. The smallest absolute Gasteiger partial charge is 0.262 e. The lowest BCUT2D eigenvalue weighted by Gasteiger charge is -2.42. The Labute approximate surface area is 271 Å². The summed E-state index contributed by atoms with van der Waals surface area (Å²) in [6, 6.07) is 14.8. The normalized spacial score (nSPS) is 17.0. The molecule has 1 N–H and O–H groups in total. The Balaban J connectivity index is 1.14. The molecule has 0 bridgehead atoms. The summed E-state index contributed by atoms with van der Waals surface area (Å²) in [4.78, 5) is 22.5. The first-order chi connectivity index (χ1) is 22.2. The first-order valence-corrected chi connectivity index (χ1v) is 17.5. The highest BCUT2D eigenvalue weighted by Crippen LogP contribution is 2.37. The third-order valence-electron chi connectivity index (χ3n) is 9.37. The largest absolute Gasteiger partial charge is 0.497 e. The number of methoxy groups -OCH3 is 1. The molecule has 2 aliphatic rings. The van der Waals surface area contributed by atoms with Gasteiger partial charge in [0.15, 0.2) is 0 Å². The molecule has 10 nitrogen and oxygen atoms in total. The van der Waals surface area contributed by atoms with Gasteiger partial charge >= 0.3 is 0 Å². The van der Waals surface area contributed by atoms with Crippen molar-refractivity contribution < 1.29 is 22.7 Å². The van der Waals surface area contributed by atoms with Crippen molar-refractivity contribution in [2.75, 3.05) is 51.2 Å². The van der Waals surface area contributed by atoms with Crippen LogP contribution in [0.2, 0.25) is 0 Å². The number of sulfonamides is 1. The first-order valence-electron chi connectivity index (χ1n) is 16.0. The van der Waals surface area contributed by atoms with Gasteiger partial charge in [-0.15, -0.1) is 0 Å². The number of aryl methyl sites for hydroxylation is 2. The van der Waals surface area contributed by atoms with Gasteiger partial charge in [-0.1, -0.05) is 12.1 Å². The molecular formula is C35H43N5O5S.